The van der Waals surface area contributed by atoms with Crippen molar-refractivity contribution in [3.05, 3.63) is 72.1 Å². The summed E-state index contributed by atoms with van der Waals surface area (Å²) in [6, 6.07) is 4.21. The quantitative estimate of drug-likeness (QED) is 0.621. The summed E-state index contributed by atoms with van der Waals surface area (Å²) in [6.45, 7) is 1.92. The van der Waals surface area contributed by atoms with Crippen LogP contribution >= 0.6 is 12.2 Å². The predicted molar refractivity (Wildman–Crippen MR) is 96.8 cm³/mol. The first-order valence-electron chi connectivity index (χ1n) is 10.1. The monoisotopic (exact) mass is 314 g/mol. The summed E-state index contributed by atoms with van der Waals surface area (Å²) >= 11 is 5.30. The van der Waals surface area contributed by atoms with E-state index < -0.39 is 42.3 Å². The molecule has 0 aliphatic heterocycles. The van der Waals surface area contributed by atoms with Crippen LogP contribution in [0, 0.1) is 6.92 Å². The normalized spacial score (nSPS) is 14.9. The van der Waals surface area contributed by atoms with Crippen LogP contribution in [0.3, 0.4) is 0 Å². The van der Waals surface area contributed by atoms with Crippen molar-refractivity contribution >= 4 is 33.9 Å². The average Bonchev–Trinajstić information content (AvgIpc) is 2.69. The van der Waals surface area contributed by atoms with Crippen LogP contribution in [0.1, 0.15) is 15.2 Å². The van der Waals surface area contributed by atoms with E-state index in [4.69, 9.17) is 26.6 Å². The van der Waals surface area contributed by atoms with Crippen LogP contribution < -0.4 is 9.64 Å². The molecule has 3 aromatic carbocycles. The molecule has 0 radical (unpaired) electrons. The lowest BCUT2D eigenvalue weighted by Crippen LogP contribution is -2.29. The van der Waals surface area contributed by atoms with Crippen LogP contribution in [0.25, 0.3) is 10.8 Å². The molecule has 0 saturated carbocycles. The van der Waals surface area contributed by atoms with E-state index in [1.165, 1.54) is 0 Å². The molecule has 0 aliphatic rings. The van der Waals surface area contributed by atoms with Crippen molar-refractivity contribution in [2.75, 3.05) is 11.9 Å². The lowest BCUT2D eigenvalue weighted by Gasteiger charge is -2.20. The van der Waals surface area contributed by atoms with Crippen LogP contribution in [0.5, 0.6) is 5.75 Å². The first-order chi connectivity index (χ1) is 13.6. The Bertz CT molecular complexity index is 1170. The Hall–Kier alpha value is -2.39. The molecule has 3 aromatic rings. The summed E-state index contributed by atoms with van der Waals surface area (Å²) in [5, 5.41) is -0.415. The van der Waals surface area contributed by atoms with Gasteiger partial charge in [-0.15, -0.1) is 0 Å². The van der Waals surface area contributed by atoms with Gasteiger partial charge in [0.25, 0.3) is 5.17 Å². The van der Waals surface area contributed by atoms with Crippen molar-refractivity contribution < 1.29 is 14.3 Å². The van der Waals surface area contributed by atoms with Gasteiger partial charge < -0.3 is 9.64 Å². The molecule has 0 aromatic heterocycles. The molecule has 0 unspecified atom stereocenters. The van der Waals surface area contributed by atoms with Crippen molar-refractivity contribution in [3.63, 3.8) is 0 Å². The van der Waals surface area contributed by atoms with E-state index in [1.54, 1.807) is 11.9 Å². The second kappa shape index (κ2) is 6.16. The number of ether oxygens (including phenoxy) is 1. The zero-order valence-corrected chi connectivity index (χ0v) is 12.9. The minimum atomic E-state index is -0.516. The maximum atomic E-state index is 8.40. The molecule has 2 nitrogen and oxygen atoms in total. The predicted octanol–water partition coefficient (Wildman–Crippen LogP) is 4.95. The van der Waals surface area contributed by atoms with Gasteiger partial charge in [-0.1, -0.05) is 42.3 Å². The summed E-state index contributed by atoms with van der Waals surface area (Å²) in [6.07, 6.45) is 0. The maximum absolute atomic E-state index is 8.40. The van der Waals surface area contributed by atoms with Gasteiger partial charge in [0.2, 0.25) is 0 Å². The SMILES string of the molecule is [2H]c1c([2H])c([2H])c2c([2H])c(OC(=S)N(C)c3cccc(C)c3)c([2H])c([2H])c2c1[2H]. The molecule has 110 valence electrons. The topological polar surface area (TPSA) is 12.5 Å². The highest BCUT2D eigenvalue weighted by Crippen LogP contribution is 2.22. The van der Waals surface area contributed by atoms with Gasteiger partial charge >= 0.3 is 0 Å². The lowest BCUT2D eigenvalue weighted by atomic mass is 10.1. The molecule has 3 heteroatoms. The standard InChI is InChI=1S/C19H17NOS/c1-14-6-5-9-17(12-14)20(2)19(22)21-18-11-10-15-7-3-4-8-16(15)13-18/h3-13H,1-2H3/i3D,4D,7D,8D,10D,11D,13D. The van der Waals surface area contributed by atoms with Gasteiger partial charge in [-0.3, -0.25) is 0 Å². The second-order valence-electron chi connectivity index (χ2n) is 4.72. The fourth-order valence-corrected chi connectivity index (χ4v) is 2.10. The largest absolute Gasteiger partial charge is 0.432 e. The van der Waals surface area contributed by atoms with Crippen molar-refractivity contribution in [1.29, 1.82) is 0 Å². The van der Waals surface area contributed by atoms with E-state index in [2.05, 4.69) is 0 Å². The van der Waals surface area contributed by atoms with Crippen molar-refractivity contribution in [2.45, 2.75) is 6.92 Å². The summed E-state index contributed by atoms with van der Waals surface area (Å²) < 4.78 is 62.2. The number of rotatable bonds is 2. The van der Waals surface area contributed by atoms with E-state index in [0.717, 1.165) is 11.3 Å². The van der Waals surface area contributed by atoms with Gasteiger partial charge in [-0.25, -0.2) is 0 Å². The molecule has 3 rings (SSSR count). The van der Waals surface area contributed by atoms with Crippen molar-refractivity contribution in [3.8, 4) is 5.75 Å². The van der Waals surface area contributed by atoms with Gasteiger partial charge in [0.05, 0.1) is 9.60 Å². The first kappa shape index (κ1) is 8.30. The minimum Gasteiger partial charge on any atom is -0.432 e. The molecular weight excluding hydrogens is 290 g/mol. The Kier molecular flexibility index (Phi) is 2.32. The molecule has 0 atom stereocenters. The van der Waals surface area contributed by atoms with E-state index in [1.807, 2.05) is 31.2 Å². The third kappa shape index (κ3) is 3.10. The highest BCUT2D eigenvalue weighted by atomic mass is 32.1. The molecule has 0 N–H and O–H groups in total. The smallest absolute Gasteiger partial charge is 0.269 e. The fraction of sp³-hybridized carbons (Fsp3) is 0.105. The Morgan fingerprint density at radius 2 is 1.91 bits per heavy atom. The van der Waals surface area contributed by atoms with Crippen LogP contribution in [-0.2, 0) is 0 Å². The van der Waals surface area contributed by atoms with E-state index in [-0.39, 0.29) is 21.7 Å². The number of hydrogen-bond acceptors (Lipinski definition) is 2. The molecule has 22 heavy (non-hydrogen) atoms. The number of hydrogen-bond donors (Lipinski definition) is 0. The Morgan fingerprint density at radius 3 is 2.68 bits per heavy atom. The summed E-state index contributed by atoms with van der Waals surface area (Å²) in [5.41, 5.74) is 1.75. The third-order valence-electron chi connectivity index (χ3n) is 3.08. The van der Waals surface area contributed by atoms with E-state index >= 15 is 0 Å². The Balaban J connectivity index is 2.14. The molecule has 0 saturated heterocycles. The Morgan fingerprint density at radius 1 is 1.14 bits per heavy atom. The second-order valence-corrected chi connectivity index (χ2v) is 5.07. The van der Waals surface area contributed by atoms with E-state index in [9.17, 15) is 0 Å². The molecule has 0 heterocycles. The Labute approximate surface area is 145 Å². The minimum absolute atomic E-state index is 0.0582. The number of thiocarbonyl (C=S) groups is 1. The first-order valence-corrected chi connectivity index (χ1v) is 6.99. The van der Waals surface area contributed by atoms with Gasteiger partial charge in [0.15, 0.2) is 0 Å². The average molecular weight is 314 g/mol. The van der Waals surface area contributed by atoms with Gasteiger partial charge in [-0.05, 0) is 59.7 Å². The molecule has 0 fully saturated rings. The number of fused-ring (bicyclic) bond motifs is 1. The molecule has 0 amide bonds. The van der Waals surface area contributed by atoms with Crippen LogP contribution in [0.4, 0.5) is 5.69 Å². The molecule has 0 aliphatic carbocycles. The zero-order valence-electron chi connectivity index (χ0n) is 19.1. The van der Waals surface area contributed by atoms with Crippen molar-refractivity contribution in [2.24, 2.45) is 0 Å². The van der Waals surface area contributed by atoms with Crippen LogP contribution in [0.15, 0.2) is 66.6 Å². The third-order valence-corrected chi connectivity index (χ3v) is 3.44. The molecule has 0 bridgehead atoms. The summed E-state index contributed by atoms with van der Waals surface area (Å²) in [5.74, 6) is -0.322. The highest BCUT2D eigenvalue weighted by Gasteiger charge is 2.09. The summed E-state index contributed by atoms with van der Waals surface area (Å²) in [7, 11) is 1.67. The molecular formula is C19H17NOS. The van der Waals surface area contributed by atoms with E-state index in [0.29, 0.717) is 0 Å². The van der Waals surface area contributed by atoms with Gasteiger partial charge in [-0.2, -0.15) is 0 Å². The number of aryl methyl sites for hydroxylation is 1. The number of benzene rings is 3. The number of anilines is 1. The zero-order chi connectivity index (χ0) is 21.6. The van der Waals surface area contributed by atoms with Crippen LogP contribution in [-0.4, -0.2) is 12.2 Å². The molecule has 0 spiro atoms. The van der Waals surface area contributed by atoms with Gasteiger partial charge in [0, 0.05) is 12.7 Å². The van der Waals surface area contributed by atoms with Crippen LogP contribution in [0.2, 0.25) is 0 Å². The highest BCUT2D eigenvalue weighted by molar-refractivity contribution is 7.80. The fourth-order valence-electron chi connectivity index (χ4n) is 1.91. The maximum Gasteiger partial charge on any atom is 0.269 e. The number of nitrogens with zero attached hydrogens (tertiary/aromatic N) is 1. The lowest BCUT2D eigenvalue weighted by molar-refractivity contribution is 0.553. The summed E-state index contributed by atoms with van der Waals surface area (Å²) in [4.78, 5) is 1.55. The van der Waals surface area contributed by atoms with Crippen molar-refractivity contribution in [1.82, 2.24) is 0 Å². The van der Waals surface area contributed by atoms with Gasteiger partial charge in [0.1, 0.15) is 5.75 Å².